The first-order valence-corrected chi connectivity index (χ1v) is 18.1. The lowest BCUT2D eigenvalue weighted by Crippen LogP contribution is -1.94. The summed E-state index contributed by atoms with van der Waals surface area (Å²) >= 11 is 0. The fourth-order valence-electron chi connectivity index (χ4n) is 9.65. The van der Waals surface area contributed by atoms with Gasteiger partial charge in [0.05, 0.1) is 17.9 Å². The zero-order chi connectivity index (χ0) is 38.7. The maximum atomic E-state index is 9.27. The molecule has 13 aromatic rings. The Labute approximate surface area is 311 Å². The third kappa shape index (κ3) is 3.61. The van der Waals surface area contributed by atoms with Gasteiger partial charge in [-0.3, -0.25) is 0 Å². The molecule has 0 atom stereocenters. The Bertz CT molecular complexity index is 3640. The van der Waals surface area contributed by atoms with Crippen molar-refractivity contribution in [1.29, 1.82) is 0 Å². The minimum absolute atomic E-state index is 0.143. The average molecular weight is 673 g/mol. The van der Waals surface area contributed by atoms with Gasteiger partial charge in [0.1, 0.15) is 0 Å². The summed E-state index contributed by atoms with van der Waals surface area (Å²) in [6.45, 7) is 0. The number of rotatable bonds is 3. The van der Waals surface area contributed by atoms with Crippen molar-refractivity contribution in [2.45, 2.75) is 0 Å². The van der Waals surface area contributed by atoms with E-state index in [1.807, 2.05) is 4.57 Å². The second-order valence-corrected chi connectivity index (χ2v) is 14.5. The second kappa shape index (κ2) is 9.88. The molecule has 12 aromatic carbocycles. The number of aromatic nitrogens is 1. The van der Waals surface area contributed by atoms with Crippen LogP contribution in [0.5, 0.6) is 0 Å². The number of benzene rings is 12. The van der Waals surface area contributed by atoms with Gasteiger partial charge in [-0.05, 0) is 134 Å². The van der Waals surface area contributed by atoms with Crippen LogP contribution in [0.2, 0.25) is 0 Å². The Morgan fingerprint density at radius 1 is 0.340 bits per heavy atom. The van der Waals surface area contributed by atoms with E-state index in [4.69, 9.17) is 4.11 Å². The van der Waals surface area contributed by atoms with Gasteiger partial charge in [-0.2, -0.15) is 0 Å². The van der Waals surface area contributed by atoms with E-state index in [-0.39, 0.29) is 29.9 Å². The number of hydrogen-bond donors (Lipinski definition) is 0. The van der Waals surface area contributed by atoms with Crippen molar-refractivity contribution in [2.24, 2.45) is 0 Å². The van der Waals surface area contributed by atoms with Gasteiger partial charge in [0.25, 0.3) is 0 Å². The Morgan fingerprint density at radius 2 is 0.736 bits per heavy atom. The van der Waals surface area contributed by atoms with Crippen molar-refractivity contribution in [2.75, 3.05) is 0 Å². The molecule has 0 aliphatic heterocycles. The van der Waals surface area contributed by atoms with Gasteiger partial charge in [-0.1, -0.05) is 139 Å². The van der Waals surface area contributed by atoms with E-state index in [1.54, 1.807) is 0 Å². The largest absolute Gasteiger partial charge is 0.309 e. The van der Waals surface area contributed by atoms with E-state index in [1.165, 1.54) is 53.9 Å². The molecule has 53 heavy (non-hydrogen) atoms. The Balaban J connectivity index is 1.16. The van der Waals surface area contributed by atoms with Crippen molar-refractivity contribution in [3.8, 4) is 27.9 Å². The van der Waals surface area contributed by atoms with E-state index >= 15 is 0 Å². The molecule has 0 aliphatic rings. The molecule has 0 radical (unpaired) electrons. The fourth-order valence-corrected chi connectivity index (χ4v) is 9.65. The Morgan fingerprint density at radius 3 is 1.21 bits per heavy atom. The molecule has 0 saturated carbocycles. The number of para-hydroxylation sites is 1. The molecular weight excluding hydrogens is 639 g/mol. The molecule has 1 nitrogen and oxygen atoms in total. The van der Waals surface area contributed by atoms with Crippen LogP contribution in [0, 0.1) is 0 Å². The van der Waals surface area contributed by atoms with Crippen molar-refractivity contribution in [3.05, 3.63) is 176 Å². The van der Waals surface area contributed by atoms with Crippen LogP contribution in [-0.4, -0.2) is 4.57 Å². The van der Waals surface area contributed by atoms with Gasteiger partial charge in [-0.15, -0.1) is 0 Å². The summed E-state index contributed by atoms with van der Waals surface area (Å²) < 4.78 is 46.5. The van der Waals surface area contributed by atoms with E-state index < -0.39 is 6.04 Å². The van der Waals surface area contributed by atoms with E-state index in [0.29, 0.717) is 0 Å². The highest BCUT2D eigenvalue weighted by atomic mass is 15.0. The molecule has 0 unspecified atom stereocenters. The molecule has 0 aliphatic carbocycles. The van der Waals surface area contributed by atoms with Crippen LogP contribution >= 0.6 is 0 Å². The molecule has 0 amide bonds. The molecule has 1 heterocycles. The monoisotopic (exact) mass is 672 g/mol. The molecule has 1 aromatic heterocycles. The van der Waals surface area contributed by atoms with E-state index in [9.17, 15) is 2.74 Å². The van der Waals surface area contributed by atoms with Crippen molar-refractivity contribution >= 4 is 97.2 Å². The molecule has 0 spiro atoms. The van der Waals surface area contributed by atoms with Gasteiger partial charge in [0.2, 0.25) is 0 Å². The van der Waals surface area contributed by atoms with Gasteiger partial charge in [0.15, 0.2) is 0 Å². The normalized spacial score (nSPS) is 13.8. The standard InChI is InChI=1S/C52H29N/c1-2-10-40(11-3-1)53-45-28-38(41-22-18-34-14-12-30-6-4-8-32-20-24-43(41)49(34)47(30)32)26-36-16-17-37-27-39(29-46(53)52(37)51(36)45)42-23-19-35-15-13-31-7-5-9-33-21-25-44(42)50(35)48(31)33/h1-29H/i1D,2D,3D,10D,11D. The topological polar surface area (TPSA) is 4.93 Å². The first kappa shape index (κ1) is 23.5. The molecule has 0 N–H and O–H groups in total. The van der Waals surface area contributed by atoms with Crippen LogP contribution in [0.1, 0.15) is 6.85 Å². The van der Waals surface area contributed by atoms with Crippen LogP contribution in [0.3, 0.4) is 0 Å². The van der Waals surface area contributed by atoms with Gasteiger partial charge in [0, 0.05) is 16.5 Å². The molecular formula is C52H29N. The Hall–Kier alpha value is -6.96. The summed E-state index contributed by atoms with van der Waals surface area (Å²) in [5.74, 6) is 0. The molecule has 0 bridgehead atoms. The van der Waals surface area contributed by atoms with Crippen LogP contribution < -0.4 is 0 Å². The van der Waals surface area contributed by atoms with Gasteiger partial charge in [-0.25, -0.2) is 0 Å². The third-order valence-corrected chi connectivity index (χ3v) is 11.9. The minimum Gasteiger partial charge on any atom is -0.309 e. The molecule has 0 fully saturated rings. The van der Waals surface area contributed by atoms with Gasteiger partial charge >= 0.3 is 0 Å². The zero-order valence-corrected chi connectivity index (χ0v) is 28.3. The van der Waals surface area contributed by atoms with Crippen LogP contribution in [0.15, 0.2) is 176 Å². The summed E-state index contributed by atoms with van der Waals surface area (Å²) in [5, 5.41) is 18.5. The molecule has 0 saturated heterocycles. The first-order chi connectivity index (χ1) is 28.3. The number of hydrogen-bond acceptors (Lipinski definition) is 0. The third-order valence-electron chi connectivity index (χ3n) is 11.9. The van der Waals surface area contributed by atoms with E-state index in [2.05, 4.69) is 146 Å². The first-order valence-electron chi connectivity index (χ1n) is 20.6. The smallest absolute Gasteiger partial charge is 0.0645 e. The summed E-state index contributed by atoms with van der Waals surface area (Å²) in [6.07, 6.45) is 0. The summed E-state index contributed by atoms with van der Waals surface area (Å²) in [7, 11) is 0. The summed E-state index contributed by atoms with van der Waals surface area (Å²) in [6, 6.07) is 50.8. The van der Waals surface area contributed by atoms with Gasteiger partial charge < -0.3 is 4.57 Å². The quantitative estimate of drug-likeness (QED) is 0.165. The maximum Gasteiger partial charge on any atom is 0.0645 e. The second-order valence-electron chi connectivity index (χ2n) is 14.5. The highest BCUT2D eigenvalue weighted by Gasteiger charge is 2.21. The lowest BCUT2D eigenvalue weighted by molar-refractivity contribution is 1.18. The molecule has 242 valence electrons. The summed E-state index contributed by atoms with van der Waals surface area (Å²) in [4.78, 5) is 0. The highest BCUT2D eigenvalue weighted by molar-refractivity contribution is 6.29. The number of nitrogens with zero attached hydrogens (tertiary/aromatic N) is 1. The van der Waals surface area contributed by atoms with Crippen LogP contribution in [0.4, 0.5) is 0 Å². The molecule has 13 rings (SSSR count). The van der Waals surface area contributed by atoms with Crippen molar-refractivity contribution in [3.63, 3.8) is 0 Å². The van der Waals surface area contributed by atoms with E-state index in [0.717, 1.165) is 65.6 Å². The van der Waals surface area contributed by atoms with Crippen LogP contribution in [-0.2, 0) is 0 Å². The fraction of sp³-hybridized carbons (Fsp3) is 0. The predicted molar refractivity (Wildman–Crippen MR) is 228 cm³/mol. The average Bonchev–Trinajstić information content (AvgIpc) is 3.59. The highest BCUT2D eigenvalue weighted by Crippen LogP contribution is 2.47. The SMILES string of the molecule is [2H]c1c([2H])c([2H])c(-n2c3cc(-c4ccc5ccc6cccc7ccc4c5c67)cc4ccc5cc(-c6ccc7ccc8cccc9ccc6c7c89)cc2c5c43)c([2H])c1[2H]. The zero-order valence-electron chi connectivity index (χ0n) is 33.3. The Kier molecular flexibility index (Phi) is 4.38. The molecule has 1 heteroatoms. The lowest BCUT2D eigenvalue weighted by Gasteiger charge is -2.15. The van der Waals surface area contributed by atoms with Crippen molar-refractivity contribution < 1.29 is 6.85 Å². The minimum atomic E-state index is -0.407. The van der Waals surface area contributed by atoms with Crippen LogP contribution in [0.25, 0.3) is 125 Å². The lowest BCUT2D eigenvalue weighted by atomic mass is 9.88. The predicted octanol–water partition coefficient (Wildman–Crippen LogP) is 14.5. The van der Waals surface area contributed by atoms with Crippen molar-refractivity contribution in [1.82, 2.24) is 4.57 Å². The maximum absolute atomic E-state index is 9.27. The summed E-state index contributed by atoms with van der Waals surface area (Å²) in [5.41, 5.74) is 5.89.